The van der Waals surface area contributed by atoms with Crippen molar-refractivity contribution in [3.8, 4) is 0 Å². The van der Waals surface area contributed by atoms with Gasteiger partial charge in [-0.25, -0.2) is 4.39 Å². The topological polar surface area (TPSA) is 55.1 Å². The summed E-state index contributed by atoms with van der Waals surface area (Å²) in [5, 5.41) is 2.61. The second-order valence-corrected chi connectivity index (χ2v) is 4.68. The molecule has 2 aromatic rings. The fourth-order valence-corrected chi connectivity index (χ4v) is 2.00. The first kappa shape index (κ1) is 14.1. The number of halogens is 1. The van der Waals surface area contributed by atoms with Gasteiger partial charge < -0.3 is 11.1 Å². The Bertz CT molecular complexity index is 605. The summed E-state index contributed by atoms with van der Waals surface area (Å²) in [6, 6.07) is 12.1. The van der Waals surface area contributed by atoms with Crippen LogP contribution in [0.4, 0.5) is 15.8 Å². The third-order valence-electron chi connectivity index (χ3n) is 3.16. The minimum absolute atomic E-state index is 0.221. The van der Waals surface area contributed by atoms with Gasteiger partial charge in [0.2, 0.25) is 5.91 Å². The second-order valence-electron chi connectivity index (χ2n) is 4.68. The van der Waals surface area contributed by atoms with E-state index in [9.17, 15) is 9.18 Å². The summed E-state index contributed by atoms with van der Waals surface area (Å²) >= 11 is 0. The normalized spacial score (nSPS) is 10.3. The van der Waals surface area contributed by atoms with Crippen LogP contribution >= 0.6 is 0 Å². The largest absolute Gasteiger partial charge is 0.399 e. The number of hydrogen-bond acceptors (Lipinski definition) is 2. The number of rotatable bonds is 4. The van der Waals surface area contributed by atoms with Crippen LogP contribution in [0.5, 0.6) is 0 Å². The molecule has 0 bridgehead atoms. The zero-order valence-electron chi connectivity index (χ0n) is 11.3. The zero-order chi connectivity index (χ0) is 14.5. The van der Waals surface area contributed by atoms with Crippen LogP contribution in [0.1, 0.15) is 17.5 Å². The van der Waals surface area contributed by atoms with Crippen LogP contribution in [0, 0.1) is 12.7 Å². The molecule has 1 amide bonds. The lowest BCUT2D eigenvalue weighted by Crippen LogP contribution is -2.14. The molecule has 0 saturated carbocycles. The Kier molecular flexibility index (Phi) is 4.35. The average molecular weight is 272 g/mol. The second kappa shape index (κ2) is 6.19. The van der Waals surface area contributed by atoms with Crippen molar-refractivity contribution >= 4 is 17.3 Å². The van der Waals surface area contributed by atoms with Gasteiger partial charge in [-0.1, -0.05) is 30.3 Å². The number of amides is 1. The summed E-state index contributed by atoms with van der Waals surface area (Å²) in [5.74, 6) is -0.640. The van der Waals surface area contributed by atoms with E-state index in [0.29, 0.717) is 17.7 Å². The summed E-state index contributed by atoms with van der Waals surface area (Å²) in [7, 11) is 0. The summed E-state index contributed by atoms with van der Waals surface area (Å²) in [6.07, 6.45) is 0.800. The van der Waals surface area contributed by atoms with Gasteiger partial charge in [0.25, 0.3) is 0 Å². The van der Waals surface area contributed by atoms with Crippen molar-refractivity contribution in [2.24, 2.45) is 0 Å². The van der Waals surface area contributed by atoms with Crippen LogP contribution in [0.25, 0.3) is 0 Å². The lowest BCUT2D eigenvalue weighted by atomic mass is 10.1. The highest BCUT2D eigenvalue weighted by Crippen LogP contribution is 2.19. The van der Waals surface area contributed by atoms with E-state index in [2.05, 4.69) is 5.32 Å². The van der Waals surface area contributed by atoms with E-state index in [4.69, 9.17) is 5.73 Å². The number of nitrogens with two attached hydrogens (primary N) is 1. The SMILES string of the molecule is Cc1cccc(F)c1NC(=O)CCc1ccccc1N. The van der Waals surface area contributed by atoms with Gasteiger partial charge in [0.05, 0.1) is 5.69 Å². The molecule has 2 rings (SSSR count). The van der Waals surface area contributed by atoms with E-state index in [0.717, 1.165) is 5.56 Å². The maximum atomic E-state index is 13.6. The molecule has 0 aromatic heterocycles. The number of para-hydroxylation sites is 2. The van der Waals surface area contributed by atoms with Crippen LogP contribution in [-0.2, 0) is 11.2 Å². The molecular weight excluding hydrogens is 255 g/mol. The fraction of sp³-hybridized carbons (Fsp3) is 0.188. The van der Waals surface area contributed by atoms with Crippen LogP contribution in [0.3, 0.4) is 0 Å². The Labute approximate surface area is 117 Å². The van der Waals surface area contributed by atoms with Crippen molar-refractivity contribution < 1.29 is 9.18 Å². The Hall–Kier alpha value is -2.36. The van der Waals surface area contributed by atoms with Crippen LogP contribution in [0.15, 0.2) is 42.5 Å². The van der Waals surface area contributed by atoms with Crippen molar-refractivity contribution in [3.63, 3.8) is 0 Å². The van der Waals surface area contributed by atoms with E-state index in [1.165, 1.54) is 6.07 Å². The maximum absolute atomic E-state index is 13.6. The summed E-state index contributed by atoms with van der Waals surface area (Å²) in [6.45, 7) is 1.76. The Morgan fingerprint density at radius 3 is 2.65 bits per heavy atom. The molecule has 0 spiro atoms. The van der Waals surface area contributed by atoms with E-state index in [-0.39, 0.29) is 18.0 Å². The van der Waals surface area contributed by atoms with E-state index in [1.807, 2.05) is 18.2 Å². The molecule has 104 valence electrons. The fourth-order valence-electron chi connectivity index (χ4n) is 2.00. The standard InChI is InChI=1S/C16H17FN2O/c1-11-5-4-7-13(17)16(11)19-15(20)10-9-12-6-2-3-8-14(12)18/h2-8H,9-10,18H2,1H3,(H,19,20). The average Bonchev–Trinajstić information content (AvgIpc) is 2.42. The Morgan fingerprint density at radius 2 is 1.95 bits per heavy atom. The van der Waals surface area contributed by atoms with Gasteiger partial charge in [-0.3, -0.25) is 4.79 Å². The zero-order valence-corrected chi connectivity index (χ0v) is 11.3. The first-order valence-corrected chi connectivity index (χ1v) is 6.46. The molecule has 3 nitrogen and oxygen atoms in total. The highest BCUT2D eigenvalue weighted by Gasteiger charge is 2.10. The van der Waals surface area contributed by atoms with E-state index < -0.39 is 5.82 Å². The Morgan fingerprint density at radius 1 is 1.20 bits per heavy atom. The number of anilines is 2. The predicted molar refractivity (Wildman–Crippen MR) is 78.9 cm³/mol. The van der Waals surface area contributed by atoms with Gasteiger partial charge in [-0.15, -0.1) is 0 Å². The monoisotopic (exact) mass is 272 g/mol. The van der Waals surface area contributed by atoms with Crippen molar-refractivity contribution in [3.05, 3.63) is 59.4 Å². The molecule has 20 heavy (non-hydrogen) atoms. The summed E-state index contributed by atoms with van der Waals surface area (Å²) < 4.78 is 13.6. The number of hydrogen-bond donors (Lipinski definition) is 2. The van der Waals surface area contributed by atoms with Crippen molar-refractivity contribution in [1.29, 1.82) is 0 Å². The number of carbonyl (C=O) groups excluding carboxylic acids is 1. The van der Waals surface area contributed by atoms with Gasteiger partial charge in [0.1, 0.15) is 5.82 Å². The molecule has 2 aromatic carbocycles. The van der Waals surface area contributed by atoms with Crippen molar-refractivity contribution in [2.75, 3.05) is 11.1 Å². The quantitative estimate of drug-likeness (QED) is 0.839. The molecule has 3 N–H and O–H groups in total. The Balaban J connectivity index is 1.98. The van der Waals surface area contributed by atoms with Crippen molar-refractivity contribution in [1.82, 2.24) is 0 Å². The van der Waals surface area contributed by atoms with Crippen LogP contribution in [0.2, 0.25) is 0 Å². The van der Waals surface area contributed by atoms with E-state index in [1.54, 1.807) is 25.1 Å². The molecule has 0 saturated heterocycles. The number of carbonyl (C=O) groups is 1. The minimum Gasteiger partial charge on any atom is -0.399 e. The molecule has 0 aliphatic heterocycles. The molecule has 4 heteroatoms. The number of nitrogens with one attached hydrogen (secondary N) is 1. The number of aryl methyl sites for hydroxylation is 2. The van der Waals surface area contributed by atoms with Gasteiger partial charge in [-0.05, 0) is 36.6 Å². The molecular formula is C16H17FN2O. The smallest absolute Gasteiger partial charge is 0.224 e. The lowest BCUT2D eigenvalue weighted by Gasteiger charge is -2.10. The predicted octanol–water partition coefficient (Wildman–Crippen LogP) is 3.29. The first-order chi connectivity index (χ1) is 9.58. The molecule has 0 heterocycles. The van der Waals surface area contributed by atoms with Crippen LogP contribution < -0.4 is 11.1 Å². The minimum atomic E-state index is -0.419. The summed E-state index contributed by atoms with van der Waals surface area (Å²) in [5.41, 5.74) is 8.36. The van der Waals surface area contributed by atoms with Crippen molar-refractivity contribution in [2.45, 2.75) is 19.8 Å². The molecule has 0 aliphatic carbocycles. The molecule has 0 unspecified atom stereocenters. The maximum Gasteiger partial charge on any atom is 0.224 e. The molecule has 0 radical (unpaired) electrons. The third-order valence-corrected chi connectivity index (χ3v) is 3.16. The third kappa shape index (κ3) is 3.35. The lowest BCUT2D eigenvalue weighted by molar-refractivity contribution is -0.116. The van der Waals surface area contributed by atoms with Gasteiger partial charge in [0.15, 0.2) is 0 Å². The number of nitrogen functional groups attached to an aromatic ring is 1. The highest BCUT2D eigenvalue weighted by atomic mass is 19.1. The molecule has 0 aliphatic rings. The van der Waals surface area contributed by atoms with E-state index >= 15 is 0 Å². The molecule has 0 fully saturated rings. The first-order valence-electron chi connectivity index (χ1n) is 6.46. The highest BCUT2D eigenvalue weighted by molar-refractivity contribution is 5.91. The molecule has 0 atom stereocenters. The van der Waals surface area contributed by atoms with Gasteiger partial charge in [-0.2, -0.15) is 0 Å². The number of benzene rings is 2. The van der Waals surface area contributed by atoms with Gasteiger partial charge in [0, 0.05) is 12.1 Å². The van der Waals surface area contributed by atoms with Gasteiger partial charge >= 0.3 is 0 Å². The summed E-state index contributed by atoms with van der Waals surface area (Å²) in [4.78, 5) is 11.9. The van der Waals surface area contributed by atoms with Crippen LogP contribution in [-0.4, -0.2) is 5.91 Å².